The number of nitrogens with one attached hydrogen (secondary N) is 2. The molecule has 130 valence electrons. The van der Waals surface area contributed by atoms with E-state index < -0.39 is 6.04 Å². The van der Waals surface area contributed by atoms with Crippen LogP contribution in [0.5, 0.6) is 0 Å². The second-order valence-corrected chi connectivity index (χ2v) is 6.19. The highest BCUT2D eigenvalue weighted by atomic mass is 16.2. The van der Waals surface area contributed by atoms with Crippen LogP contribution < -0.4 is 10.6 Å². The van der Waals surface area contributed by atoms with E-state index in [-0.39, 0.29) is 18.2 Å². The Morgan fingerprint density at radius 1 is 1.08 bits per heavy atom. The summed E-state index contributed by atoms with van der Waals surface area (Å²) >= 11 is 0. The number of carbonyl (C=O) groups excluding carboxylic acids is 2. The van der Waals surface area contributed by atoms with Crippen molar-refractivity contribution in [2.75, 3.05) is 5.32 Å². The highest BCUT2D eigenvalue weighted by molar-refractivity contribution is 6.02. The zero-order valence-corrected chi connectivity index (χ0v) is 14.1. The highest BCUT2D eigenvalue weighted by Crippen LogP contribution is 2.35. The molecule has 2 aromatic carbocycles. The van der Waals surface area contributed by atoms with Crippen LogP contribution in [0.2, 0.25) is 0 Å². The summed E-state index contributed by atoms with van der Waals surface area (Å²) in [5.74, 6) is 0.251. The van der Waals surface area contributed by atoms with E-state index in [1.165, 1.54) is 0 Å². The fourth-order valence-corrected chi connectivity index (χ4v) is 3.09. The number of hydrogen-bond acceptors (Lipinski definition) is 3. The summed E-state index contributed by atoms with van der Waals surface area (Å²) < 4.78 is 1.60. The van der Waals surface area contributed by atoms with Gasteiger partial charge in [0.1, 0.15) is 11.9 Å². The van der Waals surface area contributed by atoms with Gasteiger partial charge in [-0.15, -0.1) is 0 Å². The first-order valence-electron chi connectivity index (χ1n) is 8.47. The molecule has 0 aliphatic carbocycles. The molecule has 1 unspecified atom stereocenters. The summed E-state index contributed by atoms with van der Waals surface area (Å²) in [6.45, 7) is 0.440. The molecule has 0 bridgehead atoms. The molecule has 0 saturated carbocycles. The second kappa shape index (κ2) is 6.84. The van der Waals surface area contributed by atoms with Gasteiger partial charge < -0.3 is 10.6 Å². The average Bonchev–Trinajstić information content (AvgIpc) is 3.21. The summed E-state index contributed by atoms with van der Waals surface area (Å²) in [6.07, 6.45) is 1.78. The van der Waals surface area contributed by atoms with Crippen LogP contribution in [0.25, 0.3) is 11.1 Å². The van der Waals surface area contributed by atoms with Crippen molar-refractivity contribution in [3.8, 4) is 11.1 Å². The molecule has 2 N–H and O–H groups in total. The minimum Gasteiger partial charge on any atom is -0.352 e. The molecule has 1 aromatic heterocycles. The number of anilines is 1. The van der Waals surface area contributed by atoms with Crippen LogP contribution in [0.15, 0.2) is 66.9 Å². The number of aromatic nitrogens is 2. The van der Waals surface area contributed by atoms with E-state index in [2.05, 4.69) is 15.7 Å². The molecule has 0 spiro atoms. The van der Waals surface area contributed by atoms with Crippen molar-refractivity contribution in [3.63, 3.8) is 0 Å². The largest absolute Gasteiger partial charge is 0.352 e. The summed E-state index contributed by atoms with van der Waals surface area (Å²) in [6, 6.07) is 18.8. The van der Waals surface area contributed by atoms with Gasteiger partial charge in [-0.2, -0.15) is 5.10 Å². The maximum atomic E-state index is 12.3. The van der Waals surface area contributed by atoms with Crippen LogP contribution in [0, 0.1) is 0 Å². The van der Waals surface area contributed by atoms with Crippen molar-refractivity contribution in [1.82, 2.24) is 15.1 Å². The van der Waals surface area contributed by atoms with Crippen molar-refractivity contribution in [2.24, 2.45) is 0 Å². The van der Waals surface area contributed by atoms with E-state index in [0.717, 1.165) is 16.7 Å². The van der Waals surface area contributed by atoms with E-state index in [1.54, 1.807) is 10.9 Å². The second-order valence-electron chi connectivity index (χ2n) is 6.19. The first-order valence-corrected chi connectivity index (χ1v) is 8.47. The Balaban J connectivity index is 1.47. The van der Waals surface area contributed by atoms with E-state index in [9.17, 15) is 9.59 Å². The molecular weight excluding hydrogens is 328 g/mol. The zero-order valence-electron chi connectivity index (χ0n) is 14.1. The Hall–Kier alpha value is -3.41. The van der Waals surface area contributed by atoms with Crippen LogP contribution in [0.3, 0.4) is 0 Å². The van der Waals surface area contributed by atoms with Gasteiger partial charge in [0.2, 0.25) is 5.91 Å². The van der Waals surface area contributed by atoms with Gasteiger partial charge in [0, 0.05) is 12.1 Å². The SMILES string of the molecule is O=C(CC1C(=O)Nc2c(-c3ccccc3)cnn21)NCc1ccccc1. The number of rotatable bonds is 5. The Labute approximate surface area is 150 Å². The highest BCUT2D eigenvalue weighted by Gasteiger charge is 2.34. The lowest BCUT2D eigenvalue weighted by molar-refractivity contribution is -0.126. The van der Waals surface area contributed by atoms with E-state index >= 15 is 0 Å². The quantitative estimate of drug-likeness (QED) is 0.746. The molecule has 4 rings (SSSR count). The van der Waals surface area contributed by atoms with Gasteiger partial charge in [-0.25, -0.2) is 4.68 Å². The molecule has 2 amide bonds. The standard InChI is InChI=1S/C20H18N4O2/c25-18(21-12-14-7-3-1-4-8-14)11-17-20(26)23-19-16(13-22-24(17)19)15-9-5-2-6-10-15/h1-10,13,17H,11-12H2,(H,21,25)(H,23,26). The predicted octanol–water partition coefficient (Wildman–Crippen LogP) is 2.75. The Morgan fingerprint density at radius 3 is 2.50 bits per heavy atom. The number of hydrogen-bond donors (Lipinski definition) is 2. The number of benzene rings is 2. The van der Waals surface area contributed by atoms with Gasteiger partial charge in [0.15, 0.2) is 0 Å². The van der Waals surface area contributed by atoms with Gasteiger partial charge in [-0.05, 0) is 11.1 Å². The topological polar surface area (TPSA) is 76.0 Å². The third-order valence-corrected chi connectivity index (χ3v) is 4.43. The molecule has 2 heterocycles. The lowest BCUT2D eigenvalue weighted by Crippen LogP contribution is -2.28. The molecular formula is C20H18N4O2. The smallest absolute Gasteiger partial charge is 0.251 e. The number of nitrogens with zero attached hydrogens (tertiary/aromatic N) is 2. The van der Waals surface area contributed by atoms with Gasteiger partial charge in [-0.3, -0.25) is 9.59 Å². The van der Waals surface area contributed by atoms with Crippen molar-refractivity contribution in [1.29, 1.82) is 0 Å². The van der Waals surface area contributed by atoms with Crippen molar-refractivity contribution in [3.05, 3.63) is 72.4 Å². The third kappa shape index (κ3) is 3.09. The summed E-state index contributed by atoms with van der Waals surface area (Å²) in [7, 11) is 0. The Morgan fingerprint density at radius 2 is 1.77 bits per heavy atom. The van der Waals surface area contributed by atoms with Crippen molar-refractivity contribution in [2.45, 2.75) is 19.0 Å². The van der Waals surface area contributed by atoms with E-state index in [1.807, 2.05) is 60.7 Å². The first-order chi connectivity index (χ1) is 12.7. The van der Waals surface area contributed by atoms with Crippen LogP contribution >= 0.6 is 0 Å². The van der Waals surface area contributed by atoms with Gasteiger partial charge in [-0.1, -0.05) is 60.7 Å². The maximum absolute atomic E-state index is 12.3. The molecule has 1 atom stereocenters. The van der Waals surface area contributed by atoms with Crippen LogP contribution in [-0.4, -0.2) is 21.6 Å². The summed E-state index contributed by atoms with van der Waals surface area (Å²) in [5.41, 5.74) is 2.84. The molecule has 0 saturated heterocycles. The number of carbonyl (C=O) groups is 2. The van der Waals surface area contributed by atoms with Crippen molar-refractivity contribution >= 4 is 17.6 Å². The van der Waals surface area contributed by atoms with Crippen LogP contribution in [0.4, 0.5) is 5.82 Å². The monoisotopic (exact) mass is 346 g/mol. The molecule has 1 aliphatic heterocycles. The van der Waals surface area contributed by atoms with E-state index in [0.29, 0.717) is 12.4 Å². The van der Waals surface area contributed by atoms with Crippen LogP contribution in [-0.2, 0) is 16.1 Å². The maximum Gasteiger partial charge on any atom is 0.251 e. The van der Waals surface area contributed by atoms with Gasteiger partial charge in [0.25, 0.3) is 5.91 Å². The van der Waals surface area contributed by atoms with Crippen LogP contribution in [0.1, 0.15) is 18.0 Å². The minimum atomic E-state index is -0.627. The lowest BCUT2D eigenvalue weighted by Gasteiger charge is -2.10. The van der Waals surface area contributed by atoms with Crippen molar-refractivity contribution < 1.29 is 9.59 Å². The zero-order chi connectivity index (χ0) is 17.9. The molecule has 6 nitrogen and oxygen atoms in total. The average molecular weight is 346 g/mol. The molecule has 6 heteroatoms. The van der Waals surface area contributed by atoms with Gasteiger partial charge in [0.05, 0.1) is 12.6 Å². The fraction of sp³-hybridized carbons (Fsp3) is 0.150. The molecule has 1 aliphatic rings. The number of amides is 2. The Kier molecular flexibility index (Phi) is 4.23. The summed E-state index contributed by atoms with van der Waals surface area (Å²) in [5, 5.41) is 10.0. The first kappa shape index (κ1) is 16.1. The number of fused-ring (bicyclic) bond motifs is 1. The third-order valence-electron chi connectivity index (χ3n) is 4.43. The normalized spacial score (nSPS) is 15.4. The molecule has 0 fully saturated rings. The fourth-order valence-electron chi connectivity index (χ4n) is 3.09. The minimum absolute atomic E-state index is 0.0571. The Bertz CT molecular complexity index is 935. The molecule has 3 aromatic rings. The molecule has 0 radical (unpaired) electrons. The summed E-state index contributed by atoms with van der Waals surface area (Å²) in [4.78, 5) is 24.6. The van der Waals surface area contributed by atoms with Gasteiger partial charge >= 0.3 is 0 Å². The van der Waals surface area contributed by atoms with E-state index in [4.69, 9.17) is 0 Å². The predicted molar refractivity (Wildman–Crippen MR) is 98.2 cm³/mol. The molecule has 26 heavy (non-hydrogen) atoms. The lowest BCUT2D eigenvalue weighted by atomic mass is 10.1.